The number of rotatable bonds is 5. The van der Waals surface area contributed by atoms with Crippen LogP contribution in [0.5, 0.6) is 0 Å². The molecule has 0 aliphatic heterocycles. The summed E-state index contributed by atoms with van der Waals surface area (Å²) in [4.78, 5) is 4.17. The van der Waals surface area contributed by atoms with Crippen molar-refractivity contribution in [3.63, 3.8) is 0 Å². The fraction of sp³-hybridized carbons (Fsp3) is 0.118. The Bertz CT molecular complexity index is 786. The minimum absolute atomic E-state index is 0.553. The molecule has 2 aromatic heterocycles. The SMILES string of the molecule is N#Cc1cccnc1NCCc1ccn(-c2ccccc2)n1. The van der Waals surface area contributed by atoms with Gasteiger partial charge in [-0.2, -0.15) is 10.4 Å². The van der Waals surface area contributed by atoms with E-state index in [-0.39, 0.29) is 0 Å². The van der Waals surface area contributed by atoms with Crippen LogP contribution in [0.25, 0.3) is 5.69 Å². The lowest BCUT2D eigenvalue weighted by atomic mass is 10.2. The molecule has 5 heteroatoms. The first-order chi connectivity index (χ1) is 10.9. The van der Waals surface area contributed by atoms with Crippen LogP contribution >= 0.6 is 0 Å². The van der Waals surface area contributed by atoms with Gasteiger partial charge in [0.1, 0.15) is 11.9 Å². The maximum Gasteiger partial charge on any atom is 0.143 e. The molecule has 0 unspecified atom stereocenters. The molecule has 0 saturated carbocycles. The maximum absolute atomic E-state index is 9.02. The molecular weight excluding hydrogens is 274 g/mol. The molecule has 0 atom stereocenters. The summed E-state index contributed by atoms with van der Waals surface area (Å²) in [5.74, 6) is 0.618. The lowest BCUT2D eigenvalue weighted by Crippen LogP contribution is -2.08. The second-order valence-corrected chi connectivity index (χ2v) is 4.78. The van der Waals surface area contributed by atoms with Crippen LogP contribution in [0.15, 0.2) is 60.9 Å². The van der Waals surface area contributed by atoms with E-state index in [2.05, 4.69) is 21.5 Å². The van der Waals surface area contributed by atoms with Crippen molar-refractivity contribution < 1.29 is 0 Å². The molecule has 22 heavy (non-hydrogen) atoms. The molecule has 0 aliphatic carbocycles. The zero-order valence-electron chi connectivity index (χ0n) is 12.0. The van der Waals surface area contributed by atoms with Gasteiger partial charge >= 0.3 is 0 Å². The van der Waals surface area contributed by atoms with Crippen LogP contribution in [0.1, 0.15) is 11.3 Å². The number of benzene rings is 1. The predicted molar refractivity (Wildman–Crippen MR) is 84.7 cm³/mol. The minimum atomic E-state index is 0.553. The van der Waals surface area contributed by atoms with Crippen LogP contribution < -0.4 is 5.32 Å². The predicted octanol–water partition coefficient (Wildman–Crippen LogP) is 2.79. The van der Waals surface area contributed by atoms with E-state index in [4.69, 9.17) is 5.26 Å². The summed E-state index contributed by atoms with van der Waals surface area (Å²) in [6.07, 6.45) is 4.39. The molecular formula is C17H15N5. The van der Waals surface area contributed by atoms with E-state index < -0.39 is 0 Å². The average molecular weight is 289 g/mol. The zero-order chi connectivity index (χ0) is 15.2. The van der Waals surface area contributed by atoms with Gasteiger partial charge in [0.15, 0.2) is 0 Å². The van der Waals surface area contributed by atoms with Crippen LogP contribution in [-0.2, 0) is 6.42 Å². The molecule has 1 N–H and O–H groups in total. The van der Waals surface area contributed by atoms with E-state index in [1.807, 2.05) is 47.3 Å². The molecule has 0 saturated heterocycles. The van der Waals surface area contributed by atoms with Crippen molar-refractivity contribution in [1.82, 2.24) is 14.8 Å². The molecule has 1 aromatic carbocycles. The summed E-state index contributed by atoms with van der Waals surface area (Å²) >= 11 is 0. The van der Waals surface area contributed by atoms with Gasteiger partial charge in [-0.25, -0.2) is 9.67 Å². The smallest absolute Gasteiger partial charge is 0.143 e. The molecule has 0 fully saturated rings. The van der Waals surface area contributed by atoms with Crippen molar-refractivity contribution in [2.45, 2.75) is 6.42 Å². The highest BCUT2D eigenvalue weighted by Crippen LogP contribution is 2.10. The van der Waals surface area contributed by atoms with Crippen molar-refractivity contribution in [3.05, 3.63) is 72.2 Å². The van der Waals surface area contributed by atoms with Crippen LogP contribution in [-0.4, -0.2) is 21.3 Å². The highest BCUT2D eigenvalue weighted by Gasteiger charge is 2.03. The number of nitrogens with zero attached hydrogens (tertiary/aromatic N) is 4. The second kappa shape index (κ2) is 6.55. The Balaban J connectivity index is 1.61. The first-order valence-corrected chi connectivity index (χ1v) is 7.06. The average Bonchev–Trinajstić information content (AvgIpc) is 3.05. The van der Waals surface area contributed by atoms with Crippen molar-refractivity contribution >= 4 is 5.82 Å². The van der Waals surface area contributed by atoms with Crippen molar-refractivity contribution in [2.24, 2.45) is 0 Å². The number of para-hydroxylation sites is 1. The molecule has 3 aromatic rings. The lowest BCUT2D eigenvalue weighted by molar-refractivity contribution is 0.829. The fourth-order valence-corrected chi connectivity index (χ4v) is 2.16. The molecule has 0 amide bonds. The number of hydrogen-bond acceptors (Lipinski definition) is 4. The molecule has 2 heterocycles. The van der Waals surface area contributed by atoms with Crippen molar-refractivity contribution in [3.8, 4) is 11.8 Å². The molecule has 0 spiro atoms. The van der Waals surface area contributed by atoms with Crippen molar-refractivity contribution in [2.75, 3.05) is 11.9 Å². The Kier molecular flexibility index (Phi) is 4.12. The highest BCUT2D eigenvalue weighted by molar-refractivity contribution is 5.51. The van der Waals surface area contributed by atoms with Crippen LogP contribution in [0.2, 0.25) is 0 Å². The van der Waals surface area contributed by atoms with Gasteiger partial charge in [0.2, 0.25) is 0 Å². The van der Waals surface area contributed by atoms with E-state index in [1.54, 1.807) is 18.3 Å². The molecule has 5 nitrogen and oxygen atoms in total. The maximum atomic E-state index is 9.02. The van der Waals surface area contributed by atoms with Gasteiger partial charge in [0.05, 0.1) is 16.9 Å². The Morgan fingerprint density at radius 1 is 1.09 bits per heavy atom. The Labute approximate surface area is 128 Å². The third-order valence-electron chi connectivity index (χ3n) is 3.27. The van der Waals surface area contributed by atoms with Crippen LogP contribution in [0.4, 0.5) is 5.82 Å². The Morgan fingerprint density at radius 3 is 2.77 bits per heavy atom. The summed E-state index contributed by atoms with van der Waals surface area (Å²) in [7, 11) is 0. The van der Waals surface area contributed by atoms with E-state index in [0.717, 1.165) is 17.8 Å². The van der Waals surface area contributed by atoms with E-state index in [1.165, 1.54) is 0 Å². The van der Waals surface area contributed by atoms with E-state index in [0.29, 0.717) is 17.9 Å². The summed E-state index contributed by atoms with van der Waals surface area (Å²) < 4.78 is 1.86. The first-order valence-electron chi connectivity index (χ1n) is 7.06. The minimum Gasteiger partial charge on any atom is -0.369 e. The first kappa shape index (κ1) is 13.8. The quantitative estimate of drug-likeness (QED) is 0.784. The zero-order valence-corrected chi connectivity index (χ0v) is 12.0. The number of nitrogens with one attached hydrogen (secondary N) is 1. The molecule has 3 rings (SSSR count). The van der Waals surface area contributed by atoms with Crippen LogP contribution in [0.3, 0.4) is 0 Å². The Hall–Kier alpha value is -3.13. The third kappa shape index (κ3) is 3.13. The molecule has 108 valence electrons. The Morgan fingerprint density at radius 2 is 1.95 bits per heavy atom. The number of nitriles is 1. The summed E-state index contributed by atoms with van der Waals surface area (Å²) in [6.45, 7) is 0.678. The monoisotopic (exact) mass is 289 g/mol. The van der Waals surface area contributed by atoms with Crippen molar-refractivity contribution in [1.29, 1.82) is 5.26 Å². The summed E-state index contributed by atoms with van der Waals surface area (Å²) in [5, 5.41) is 16.7. The highest BCUT2D eigenvalue weighted by atomic mass is 15.3. The lowest BCUT2D eigenvalue weighted by Gasteiger charge is -2.05. The van der Waals surface area contributed by atoms with Gasteiger partial charge in [-0.05, 0) is 30.3 Å². The third-order valence-corrected chi connectivity index (χ3v) is 3.27. The standard InChI is InChI=1S/C17H15N5/c18-13-14-5-4-10-19-17(14)20-11-8-15-9-12-22(21-15)16-6-2-1-3-7-16/h1-7,9-10,12H,8,11H2,(H,19,20). The van der Waals surface area contributed by atoms with E-state index in [9.17, 15) is 0 Å². The van der Waals surface area contributed by atoms with Gasteiger partial charge in [-0.3, -0.25) is 0 Å². The number of aromatic nitrogens is 3. The van der Waals surface area contributed by atoms with Gasteiger partial charge in [0, 0.05) is 25.4 Å². The topological polar surface area (TPSA) is 66.5 Å². The fourth-order valence-electron chi connectivity index (χ4n) is 2.16. The van der Waals surface area contributed by atoms with Crippen LogP contribution in [0, 0.1) is 11.3 Å². The normalized spacial score (nSPS) is 10.1. The summed E-state index contributed by atoms with van der Waals surface area (Å²) in [5.41, 5.74) is 2.58. The van der Waals surface area contributed by atoms with Gasteiger partial charge in [0.25, 0.3) is 0 Å². The van der Waals surface area contributed by atoms with Gasteiger partial charge in [-0.15, -0.1) is 0 Å². The molecule has 0 bridgehead atoms. The number of hydrogen-bond donors (Lipinski definition) is 1. The van der Waals surface area contributed by atoms with E-state index >= 15 is 0 Å². The molecule has 0 radical (unpaired) electrons. The number of pyridine rings is 1. The molecule has 0 aliphatic rings. The van der Waals surface area contributed by atoms with Gasteiger partial charge < -0.3 is 5.32 Å². The number of anilines is 1. The second-order valence-electron chi connectivity index (χ2n) is 4.78. The van der Waals surface area contributed by atoms with Gasteiger partial charge in [-0.1, -0.05) is 18.2 Å². The summed E-state index contributed by atoms with van der Waals surface area (Å²) in [6, 6.07) is 17.6. The largest absolute Gasteiger partial charge is 0.369 e.